The molecule has 1 saturated carbocycles. The maximum absolute atomic E-state index is 13.3. The van der Waals surface area contributed by atoms with Gasteiger partial charge in [-0.2, -0.15) is 0 Å². The van der Waals surface area contributed by atoms with E-state index in [2.05, 4.69) is 5.32 Å². The number of hydrogen-bond donors (Lipinski definition) is 1. The quantitative estimate of drug-likeness (QED) is 0.740. The topological polar surface area (TPSA) is 75.7 Å². The average molecular weight is 410 g/mol. The molecule has 6 nitrogen and oxygen atoms in total. The predicted molar refractivity (Wildman–Crippen MR) is 108 cm³/mol. The number of fused-ring (bicyclic) bond motifs is 1. The lowest BCUT2D eigenvalue weighted by molar-refractivity contribution is -0.142. The Morgan fingerprint density at radius 1 is 1.03 bits per heavy atom. The Morgan fingerprint density at radius 2 is 1.73 bits per heavy atom. The van der Waals surface area contributed by atoms with Gasteiger partial charge in [-0.25, -0.2) is 4.39 Å². The number of rotatable bonds is 6. The summed E-state index contributed by atoms with van der Waals surface area (Å²) in [5.41, 5.74) is 1.19. The van der Waals surface area contributed by atoms with Crippen LogP contribution in [0, 0.1) is 17.7 Å². The Morgan fingerprint density at radius 3 is 2.43 bits per heavy atom. The molecule has 2 atom stereocenters. The molecular formula is C23H23FN2O4. The summed E-state index contributed by atoms with van der Waals surface area (Å²) < 4.78 is 18.9. The van der Waals surface area contributed by atoms with Crippen LogP contribution in [0.15, 0.2) is 48.5 Å². The van der Waals surface area contributed by atoms with Crippen molar-refractivity contribution in [3.05, 3.63) is 59.9 Å². The standard InChI is InChI=1S/C23H23FN2O4/c24-16-6-3-5-15(11-16)14-30-18-8-4-7-17(12-18)25-21(27)13-26-22(28)19-9-1-2-10-20(19)23(26)29/h3-8,11-12,19-20H,1-2,9-10,13-14H2,(H,25,27). The molecule has 1 heterocycles. The number of anilines is 1. The van der Waals surface area contributed by atoms with Crippen LogP contribution in [0.5, 0.6) is 5.75 Å². The second-order valence-corrected chi connectivity index (χ2v) is 7.75. The first-order valence-electron chi connectivity index (χ1n) is 10.1. The van der Waals surface area contributed by atoms with Gasteiger partial charge >= 0.3 is 0 Å². The summed E-state index contributed by atoms with van der Waals surface area (Å²) in [7, 11) is 0. The lowest BCUT2D eigenvalue weighted by Gasteiger charge is -2.19. The maximum atomic E-state index is 13.3. The molecule has 0 bridgehead atoms. The maximum Gasteiger partial charge on any atom is 0.244 e. The first-order chi connectivity index (χ1) is 14.5. The molecule has 1 saturated heterocycles. The highest BCUT2D eigenvalue weighted by atomic mass is 19.1. The number of nitrogens with one attached hydrogen (secondary N) is 1. The SMILES string of the molecule is O=C(CN1C(=O)C2CCCCC2C1=O)Nc1cccc(OCc2cccc(F)c2)c1. The minimum absolute atomic E-state index is 0.189. The number of hydrogen-bond acceptors (Lipinski definition) is 4. The third kappa shape index (κ3) is 4.35. The molecule has 1 aliphatic carbocycles. The number of amides is 3. The molecule has 1 aliphatic heterocycles. The fourth-order valence-electron chi connectivity index (χ4n) is 4.19. The summed E-state index contributed by atoms with van der Waals surface area (Å²) in [5, 5.41) is 2.71. The van der Waals surface area contributed by atoms with Crippen LogP contribution < -0.4 is 10.1 Å². The van der Waals surface area contributed by atoms with Crippen molar-refractivity contribution in [2.45, 2.75) is 32.3 Å². The van der Waals surface area contributed by atoms with Crippen LogP contribution in [0.1, 0.15) is 31.2 Å². The van der Waals surface area contributed by atoms with E-state index in [1.807, 2.05) is 0 Å². The molecule has 3 amide bonds. The van der Waals surface area contributed by atoms with Gasteiger partial charge in [0.1, 0.15) is 24.7 Å². The van der Waals surface area contributed by atoms with Crippen LogP contribution >= 0.6 is 0 Å². The third-order valence-corrected chi connectivity index (χ3v) is 5.65. The number of benzene rings is 2. The second kappa shape index (κ2) is 8.65. The lowest BCUT2D eigenvalue weighted by Crippen LogP contribution is -2.38. The molecule has 2 fully saturated rings. The Hall–Kier alpha value is -3.22. The monoisotopic (exact) mass is 410 g/mol. The Bertz CT molecular complexity index is 953. The molecule has 156 valence electrons. The summed E-state index contributed by atoms with van der Waals surface area (Å²) in [4.78, 5) is 38.6. The first-order valence-corrected chi connectivity index (χ1v) is 10.1. The largest absolute Gasteiger partial charge is 0.489 e. The second-order valence-electron chi connectivity index (χ2n) is 7.75. The van der Waals surface area contributed by atoms with Crippen LogP contribution in [-0.4, -0.2) is 29.2 Å². The number of carbonyl (C=O) groups is 3. The number of imide groups is 1. The van der Waals surface area contributed by atoms with E-state index in [4.69, 9.17) is 4.74 Å². The molecule has 2 aliphatic rings. The van der Waals surface area contributed by atoms with Gasteiger partial charge in [0.2, 0.25) is 17.7 Å². The summed E-state index contributed by atoms with van der Waals surface area (Å²) in [6, 6.07) is 12.9. The number of carbonyl (C=O) groups excluding carboxylic acids is 3. The van der Waals surface area contributed by atoms with Gasteiger partial charge < -0.3 is 10.1 Å². The van der Waals surface area contributed by atoms with Crippen molar-refractivity contribution in [3.63, 3.8) is 0 Å². The molecule has 30 heavy (non-hydrogen) atoms. The van der Waals surface area contributed by atoms with E-state index in [9.17, 15) is 18.8 Å². The van der Waals surface area contributed by atoms with E-state index in [0.717, 1.165) is 30.6 Å². The molecule has 0 aromatic heterocycles. The smallest absolute Gasteiger partial charge is 0.244 e. The fraction of sp³-hybridized carbons (Fsp3) is 0.348. The molecule has 2 aromatic rings. The van der Waals surface area contributed by atoms with Crippen molar-refractivity contribution >= 4 is 23.4 Å². The van der Waals surface area contributed by atoms with Crippen molar-refractivity contribution in [1.29, 1.82) is 0 Å². The van der Waals surface area contributed by atoms with Gasteiger partial charge in [-0.05, 0) is 42.7 Å². The van der Waals surface area contributed by atoms with Crippen LogP contribution in [0.2, 0.25) is 0 Å². The number of nitrogens with zero attached hydrogens (tertiary/aromatic N) is 1. The zero-order valence-electron chi connectivity index (χ0n) is 16.5. The normalized spacial score (nSPS) is 20.8. The summed E-state index contributed by atoms with van der Waals surface area (Å²) >= 11 is 0. The van der Waals surface area contributed by atoms with Crippen molar-refractivity contribution in [2.75, 3.05) is 11.9 Å². The Kier molecular flexibility index (Phi) is 5.79. The third-order valence-electron chi connectivity index (χ3n) is 5.65. The molecule has 7 heteroatoms. The van der Waals surface area contributed by atoms with Crippen LogP contribution in [0.4, 0.5) is 10.1 Å². The molecule has 2 aromatic carbocycles. The van der Waals surface area contributed by atoms with Gasteiger partial charge in [0, 0.05) is 11.8 Å². The van der Waals surface area contributed by atoms with E-state index >= 15 is 0 Å². The summed E-state index contributed by atoms with van der Waals surface area (Å²) in [6.07, 6.45) is 3.33. The number of halogens is 1. The van der Waals surface area contributed by atoms with Gasteiger partial charge in [0.05, 0.1) is 11.8 Å². The Labute approximate surface area is 174 Å². The Balaban J connectivity index is 1.35. The molecular weight excluding hydrogens is 387 g/mol. The van der Waals surface area contributed by atoms with Crippen LogP contribution in [0.3, 0.4) is 0 Å². The zero-order valence-corrected chi connectivity index (χ0v) is 16.5. The van der Waals surface area contributed by atoms with Crippen LogP contribution in [-0.2, 0) is 21.0 Å². The van der Waals surface area contributed by atoms with Gasteiger partial charge in [-0.1, -0.05) is 31.0 Å². The number of ether oxygens (including phenoxy) is 1. The highest BCUT2D eigenvalue weighted by Crippen LogP contribution is 2.37. The summed E-state index contributed by atoms with van der Waals surface area (Å²) in [5.74, 6) is -1.24. The minimum atomic E-state index is -0.433. The van der Waals surface area contributed by atoms with Gasteiger partial charge in [0.15, 0.2) is 0 Å². The van der Waals surface area contributed by atoms with E-state index in [1.54, 1.807) is 36.4 Å². The average Bonchev–Trinajstić information content (AvgIpc) is 2.98. The van der Waals surface area contributed by atoms with Crippen molar-refractivity contribution in [1.82, 2.24) is 4.90 Å². The van der Waals surface area contributed by atoms with Crippen LogP contribution in [0.25, 0.3) is 0 Å². The van der Waals surface area contributed by atoms with Gasteiger partial charge in [-0.3, -0.25) is 19.3 Å². The van der Waals surface area contributed by atoms with Crippen molar-refractivity contribution < 1.29 is 23.5 Å². The number of likely N-dealkylation sites (tertiary alicyclic amines) is 1. The molecule has 2 unspecified atom stereocenters. The molecule has 0 radical (unpaired) electrons. The zero-order chi connectivity index (χ0) is 21.1. The van der Waals surface area contributed by atoms with Gasteiger partial charge in [-0.15, -0.1) is 0 Å². The highest BCUT2D eigenvalue weighted by molar-refractivity contribution is 6.08. The summed E-state index contributed by atoms with van der Waals surface area (Å²) in [6.45, 7) is -0.0895. The molecule has 1 N–H and O–H groups in total. The first kappa shape index (κ1) is 20.1. The van der Waals surface area contributed by atoms with E-state index in [0.29, 0.717) is 17.0 Å². The van der Waals surface area contributed by atoms with Crippen molar-refractivity contribution in [3.8, 4) is 5.75 Å². The van der Waals surface area contributed by atoms with E-state index in [-0.39, 0.29) is 42.6 Å². The molecule has 0 spiro atoms. The predicted octanol–water partition coefficient (Wildman–Crippen LogP) is 3.52. The van der Waals surface area contributed by atoms with Gasteiger partial charge in [0.25, 0.3) is 0 Å². The lowest BCUT2D eigenvalue weighted by atomic mass is 9.81. The van der Waals surface area contributed by atoms with E-state index < -0.39 is 5.91 Å². The van der Waals surface area contributed by atoms with Crippen molar-refractivity contribution in [2.24, 2.45) is 11.8 Å². The highest BCUT2D eigenvalue weighted by Gasteiger charge is 2.48. The van der Waals surface area contributed by atoms with E-state index in [1.165, 1.54) is 12.1 Å². The fourth-order valence-corrected chi connectivity index (χ4v) is 4.19. The molecule has 4 rings (SSSR count). The minimum Gasteiger partial charge on any atom is -0.489 e.